The van der Waals surface area contributed by atoms with E-state index in [9.17, 15) is 13.2 Å². The number of sulfonamides is 1. The summed E-state index contributed by atoms with van der Waals surface area (Å²) < 4.78 is 37.8. The number of furan rings is 1. The molecule has 0 atom stereocenters. The number of nitriles is 1. The smallest absolute Gasteiger partial charge is 0.243 e. The van der Waals surface area contributed by atoms with Crippen LogP contribution in [0.3, 0.4) is 0 Å². The zero-order valence-corrected chi connectivity index (χ0v) is 17.6. The topological polar surface area (TPSA) is 113 Å². The van der Waals surface area contributed by atoms with Gasteiger partial charge in [0.05, 0.1) is 24.2 Å². The minimum atomic E-state index is -3.94. The monoisotopic (exact) mass is 439 g/mol. The van der Waals surface area contributed by atoms with Crippen LogP contribution in [0.15, 0.2) is 76.2 Å². The molecule has 31 heavy (non-hydrogen) atoms. The van der Waals surface area contributed by atoms with Crippen molar-refractivity contribution in [2.24, 2.45) is 0 Å². The van der Waals surface area contributed by atoms with E-state index in [4.69, 9.17) is 14.4 Å². The third kappa shape index (κ3) is 5.94. The third-order valence-corrected chi connectivity index (χ3v) is 6.14. The van der Waals surface area contributed by atoms with Gasteiger partial charge in [0.25, 0.3) is 0 Å². The lowest BCUT2D eigenvalue weighted by molar-refractivity contribution is -0.116. The van der Waals surface area contributed by atoms with Gasteiger partial charge in [-0.05, 0) is 55.5 Å². The highest BCUT2D eigenvalue weighted by molar-refractivity contribution is 7.89. The highest BCUT2D eigenvalue weighted by atomic mass is 32.2. The van der Waals surface area contributed by atoms with Crippen molar-refractivity contribution in [2.75, 3.05) is 18.5 Å². The van der Waals surface area contributed by atoms with Crippen molar-refractivity contribution in [1.82, 2.24) is 4.31 Å². The Morgan fingerprint density at radius 3 is 2.45 bits per heavy atom. The van der Waals surface area contributed by atoms with E-state index in [0.29, 0.717) is 17.2 Å². The summed E-state index contributed by atoms with van der Waals surface area (Å²) in [6, 6.07) is 18.0. The Balaban J connectivity index is 1.76. The second-order valence-corrected chi connectivity index (χ2v) is 8.62. The van der Waals surface area contributed by atoms with Crippen molar-refractivity contribution in [3.63, 3.8) is 0 Å². The maximum absolute atomic E-state index is 13.2. The van der Waals surface area contributed by atoms with Crippen molar-refractivity contribution in [3.8, 4) is 11.8 Å². The quantitative estimate of drug-likeness (QED) is 0.547. The van der Waals surface area contributed by atoms with E-state index in [1.54, 1.807) is 48.5 Å². The molecule has 0 unspecified atom stereocenters. The number of aryl methyl sites for hydroxylation is 1. The lowest BCUT2D eigenvalue weighted by Gasteiger charge is -2.21. The van der Waals surface area contributed by atoms with Crippen LogP contribution in [0.2, 0.25) is 0 Å². The highest BCUT2D eigenvalue weighted by Crippen LogP contribution is 2.20. The number of hydrogen-bond acceptors (Lipinski definition) is 6. The number of hydrogen-bond donors (Lipinski definition) is 1. The fourth-order valence-corrected chi connectivity index (χ4v) is 4.13. The molecule has 3 rings (SSSR count). The normalized spacial score (nSPS) is 11.1. The molecule has 0 radical (unpaired) electrons. The lowest BCUT2D eigenvalue weighted by atomic mass is 10.2. The van der Waals surface area contributed by atoms with Crippen molar-refractivity contribution in [3.05, 3.63) is 78.3 Å². The average Bonchev–Trinajstić information content (AvgIpc) is 3.26. The van der Waals surface area contributed by atoms with Crippen LogP contribution in [-0.2, 0) is 21.4 Å². The van der Waals surface area contributed by atoms with Gasteiger partial charge in [-0.3, -0.25) is 4.79 Å². The first kappa shape index (κ1) is 22.1. The van der Waals surface area contributed by atoms with Crippen molar-refractivity contribution >= 4 is 21.6 Å². The molecule has 0 aliphatic heterocycles. The Bertz CT molecular complexity index is 1150. The van der Waals surface area contributed by atoms with Crippen LogP contribution < -0.4 is 10.1 Å². The van der Waals surface area contributed by atoms with Gasteiger partial charge in [0.15, 0.2) is 6.61 Å². The molecular formula is C22H21N3O5S. The SMILES string of the molecule is Cc1ccc(S(=O)(=O)N(CC(=O)Nc2ccc(OCC#N)cc2)Cc2ccco2)cc1. The first-order valence-corrected chi connectivity index (χ1v) is 10.8. The maximum Gasteiger partial charge on any atom is 0.243 e. The summed E-state index contributed by atoms with van der Waals surface area (Å²) in [6.07, 6.45) is 1.45. The van der Waals surface area contributed by atoms with E-state index in [0.717, 1.165) is 9.87 Å². The molecule has 8 nitrogen and oxygen atoms in total. The average molecular weight is 439 g/mol. The molecule has 9 heteroatoms. The van der Waals surface area contributed by atoms with Gasteiger partial charge in [0.1, 0.15) is 17.6 Å². The summed E-state index contributed by atoms with van der Waals surface area (Å²) in [5.41, 5.74) is 1.40. The Morgan fingerprint density at radius 2 is 1.84 bits per heavy atom. The fraction of sp³-hybridized carbons (Fsp3) is 0.182. The number of benzene rings is 2. The molecule has 160 valence electrons. The molecular weight excluding hydrogens is 418 g/mol. The van der Waals surface area contributed by atoms with E-state index in [2.05, 4.69) is 5.32 Å². The minimum absolute atomic E-state index is 0.0791. The Kier molecular flexibility index (Phi) is 7.07. The maximum atomic E-state index is 13.2. The molecule has 0 saturated carbocycles. The van der Waals surface area contributed by atoms with Gasteiger partial charge in [-0.2, -0.15) is 9.57 Å². The van der Waals surface area contributed by atoms with Gasteiger partial charge in [-0.1, -0.05) is 17.7 Å². The summed E-state index contributed by atoms with van der Waals surface area (Å²) in [7, 11) is -3.94. The van der Waals surface area contributed by atoms with Gasteiger partial charge in [-0.25, -0.2) is 8.42 Å². The van der Waals surface area contributed by atoms with Crippen LogP contribution in [0.25, 0.3) is 0 Å². The second-order valence-electron chi connectivity index (χ2n) is 6.68. The zero-order valence-electron chi connectivity index (χ0n) is 16.8. The van der Waals surface area contributed by atoms with Gasteiger partial charge in [0.2, 0.25) is 15.9 Å². The van der Waals surface area contributed by atoms with Crippen LogP contribution in [0, 0.1) is 18.3 Å². The number of rotatable bonds is 9. The zero-order chi connectivity index (χ0) is 22.3. The van der Waals surface area contributed by atoms with E-state index in [1.165, 1.54) is 18.4 Å². The van der Waals surface area contributed by atoms with Crippen molar-refractivity contribution in [1.29, 1.82) is 5.26 Å². The van der Waals surface area contributed by atoms with Crippen molar-refractivity contribution < 1.29 is 22.4 Å². The summed E-state index contributed by atoms with van der Waals surface area (Å²) >= 11 is 0. The van der Waals surface area contributed by atoms with E-state index >= 15 is 0 Å². The molecule has 0 spiro atoms. The Hall–Kier alpha value is -3.61. The van der Waals surface area contributed by atoms with E-state index in [1.807, 2.05) is 13.0 Å². The van der Waals surface area contributed by atoms with Crippen LogP contribution in [0.4, 0.5) is 5.69 Å². The minimum Gasteiger partial charge on any atom is -0.479 e. The van der Waals surface area contributed by atoms with Gasteiger partial charge in [-0.15, -0.1) is 0 Å². The lowest BCUT2D eigenvalue weighted by Crippen LogP contribution is -2.37. The molecule has 0 aliphatic rings. The summed E-state index contributed by atoms with van der Waals surface area (Å²) in [6.45, 7) is 1.30. The molecule has 3 aromatic rings. The highest BCUT2D eigenvalue weighted by Gasteiger charge is 2.27. The Labute approximate surface area is 180 Å². The first-order valence-electron chi connectivity index (χ1n) is 9.37. The number of carbonyl (C=O) groups excluding carboxylic acids is 1. The van der Waals surface area contributed by atoms with Crippen LogP contribution in [-0.4, -0.2) is 31.8 Å². The molecule has 0 saturated heterocycles. The molecule has 0 fully saturated rings. The summed E-state index contributed by atoms with van der Waals surface area (Å²) in [5.74, 6) is 0.399. The van der Waals surface area contributed by atoms with Crippen molar-refractivity contribution in [2.45, 2.75) is 18.4 Å². The number of carbonyl (C=O) groups is 1. The number of nitrogens with one attached hydrogen (secondary N) is 1. The molecule has 0 aliphatic carbocycles. The number of anilines is 1. The molecule has 1 N–H and O–H groups in total. The standard InChI is InChI=1S/C22H21N3O5S/c1-17-4-10-21(11-5-17)31(27,28)25(15-20-3-2-13-29-20)16-22(26)24-18-6-8-19(9-7-18)30-14-12-23/h2-11,13H,14-16H2,1H3,(H,24,26). The summed E-state index contributed by atoms with van der Waals surface area (Å²) in [4.78, 5) is 12.7. The first-order chi connectivity index (χ1) is 14.9. The predicted octanol–water partition coefficient (Wildman–Crippen LogP) is 3.32. The molecule has 0 bridgehead atoms. The van der Waals surface area contributed by atoms with Gasteiger partial charge < -0.3 is 14.5 Å². The van der Waals surface area contributed by atoms with E-state index in [-0.39, 0.29) is 18.0 Å². The molecule has 1 aromatic heterocycles. The molecule has 1 amide bonds. The van der Waals surface area contributed by atoms with Crippen LogP contribution in [0.5, 0.6) is 5.75 Å². The van der Waals surface area contributed by atoms with Gasteiger partial charge in [0, 0.05) is 5.69 Å². The fourth-order valence-electron chi connectivity index (χ4n) is 2.77. The van der Waals surface area contributed by atoms with Crippen LogP contribution >= 0.6 is 0 Å². The number of ether oxygens (including phenoxy) is 1. The summed E-state index contributed by atoms with van der Waals surface area (Å²) in [5, 5.41) is 11.2. The van der Waals surface area contributed by atoms with Gasteiger partial charge >= 0.3 is 0 Å². The second kappa shape index (κ2) is 9.93. The van der Waals surface area contributed by atoms with E-state index < -0.39 is 22.5 Å². The Morgan fingerprint density at radius 1 is 1.13 bits per heavy atom. The largest absolute Gasteiger partial charge is 0.479 e. The predicted molar refractivity (Wildman–Crippen MR) is 114 cm³/mol. The molecule has 1 heterocycles. The number of nitrogens with zero attached hydrogens (tertiary/aromatic N) is 2. The van der Waals surface area contributed by atoms with Crippen LogP contribution in [0.1, 0.15) is 11.3 Å². The molecule has 2 aromatic carbocycles. The third-order valence-electron chi connectivity index (χ3n) is 4.33. The number of amides is 1.